The van der Waals surface area contributed by atoms with E-state index in [1.165, 1.54) is 0 Å². The molecule has 0 spiro atoms. The second-order valence-electron chi connectivity index (χ2n) is 3.50. The van der Waals surface area contributed by atoms with Crippen LogP contribution in [0.5, 0.6) is 0 Å². The van der Waals surface area contributed by atoms with E-state index in [0.29, 0.717) is 17.9 Å². The number of hydrogen-bond donors (Lipinski definition) is 1. The summed E-state index contributed by atoms with van der Waals surface area (Å²) in [5.74, 6) is -3.04. The second-order valence-corrected chi connectivity index (χ2v) is 3.50. The maximum Gasteiger partial charge on any atom is 0.334 e. The molecule has 2 rings (SSSR count). The van der Waals surface area contributed by atoms with Crippen molar-refractivity contribution in [3.8, 4) is 0 Å². The quantitative estimate of drug-likeness (QED) is 0.792. The van der Waals surface area contributed by atoms with Crippen molar-refractivity contribution in [3.05, 3.63) is 17.3 Å². The van der Waals surface area contributed by atoms with E-state index in [1.807, 2.05) is 0 Å². The number of oxazole rings is 1. The van der Waals surface area contributed by atoms with Gasteiger partial charge in [0.2, 0.25) is 0 Å². The Morgan fingerprint density at radius 1 is 1.36 bits per heavy atom. The number of aryl methyl sites for hydroxylation is 2. The number of alkyl halides is 2. The Balaban J connectivity index is 2.32. The van der Waals surface area contributed by atoms with Crippen LogP contribution in [0.3, 0.4) is 0 Å². The van der Waals surface area contributed by atoms with Crippen LogP contribution in [0.25, 0.3) is 0 Å². The normalized spacial score (nSPS) is 16.8. The Kier molecular flexibility index (Phi) is 2.26. The molecule has 0 aromatic carbocycles. The molecule has 0 bridgehead atoms. The van der Waals surface area contributed by atoms with Crippen LogP contribution in [0.2, 0.25) is 0 Å². The molecular weight excluding hydrogens is 190 g/mol. The molecular formula is C9H12F2N2O. The van der Waals surface area contributed by atoms with Gasteiger partial charge in [0.15, 0.2) is 0 Å². The molecule has 0 radical (unpaired) electrons. The summed E-state index contributed by atoms with van der Waals surface area (Å²) in [5, 5.41) is 0. The highest BCUT2D eigenvalue weighted by Gasteiger charge is 2.37. The first-order chi connectivity index (χ1) is 6.63. The summed E-state index contributed by atoms with van der Waals surface area (Å²) in [4.78, 5) is 3.80. The lowest BCUT2D eigenvalue weighted by Gasteiger charge is -2.07. The molecule has 5 heteroatoms. The fraction of sp³-hybridized carbons (Fsp3) is 0.667. The van der Waals surface area contributed by atoms with E-state index in [1.54, 1.807) is 0 Å². The summed E-state index contributed by atoms with van der Waals surface area (Å²) >= 11 is 0. The van der Waals surface area contributed by atoms with Crippen molar-refractivity contribution >= 4 is 0 Å². The molecule has 0 aliphatic heterocycles. The van der Waals surface area contributed by atoms with Gasteiger partial charge in [0.1, 0.15) is 5.76 Å². The fourth-order valence-corrected chi connectivity index (χ4v) is 1.60. The van der Waals surface area contributed by atoms with Gasteiger partial charge in [0.25, 0.3) is 5.89 Å². The van der Waals surface area contributed by atoms with Gasteiger partial charge in [-0.3, -0.25) is 0 Å². The average molecular weight is 202 g/mol. The molecule has 1 aromatic rings. The Morgan fingerprint density at radius 3 is 2.71 bits per heavy atom. The van der Waals surface area contributed by atoms with Crippen molar-refractivity contribution in [3.63, 3.8) is 0 Å². The highest BCUT2D eigenvalue weighted by atomic mass is 19.3. The minimum Gasteiger partial charge on any atom is -0.440 e. The van der Waals surface area contributed by atoms with Crippen LogP contribution in [0.1, 0.15) is 30.2 Å². The molecule has 0 saturated carbocycles. The van der Waals surface area contributed by atoms with Gasteiger partial charge >= 0.3 is 5.92 Å². The molecule has 0 saturated heterocycles. The van der Waals surface area contributed by atoms with Crippen LogP contribution in [-0.4, -0.2) is 11.5 Å². The number of halogens is 2. The Labute approximate surface area is 80.3 Å². The van der Waals surface area contributed by atoms with E-state index in [-0.39, 0.29) is 0 Å². The number of hydrogen-bond acceptors (Lipinski definition) is 3. The number of fused-ring (bicyclic) bond motifs is 1. The molecule has 2 N–H and O–H groups in total. The van der Waals surface area contributed by atoms with E-state index in [9.17, 15) is 8.78 Å². The largest absolute Gasteiger partial charge is 0.440 e. The zero-order chi connectivity index (χ0) is 10.2. The highest BCUT2D eigenvalue weighted by Crippen LogP contribution is 2.30. The third-order valence-corrected chi connectivity index (χ3v) is 2.41. The lowest BCUT2D eigenvalue weighted by molar-refractivity contribution is -0.0222. The molecule has 1 aliphatic rings. The molecule has 78 valence electrons. The second kappa shape index (κ2) is 3.31. The summed E-state index contributed by atoms with van der Waals surface area (Å²) in [6.45, 7) is -0.758. The summed E-state index contributed by atoms with van der Waals surface area (Å²) < 4.78 is 31.2. The SMILES string of the molecule is NCC(F)(F)c1nc2c(o1)CCCC2. The van der Waals surface area contributed by atoms with Crippen LogP contribution in [0.4, 0.5) is 8.78 Å². The zero-order valence-corrected chi connectivity index (χ0v) is 7.72. The fourth-order valence-electron chi connectivity index (χ4n) is 1.60. The predicted octanol–water partition coefficient (Wildman–Crippen LogP) is 1.60. The van der Waals surface area contributed by atoms with Crippen LogP contribution in [0, 0.1) is 0 Å². The molecule has 14 heavy (non-hydrogen) atoms. The van der Waals surface area contributed by atoms with Crippen LogP contribution >= 0.6 is 0 Å². The van der Waals surface area contributed by atoms with Gasteiger partial charge in [-0.25, -0.2) is 4.98 Å². The first kappa shape index (κ1) is 9.58. The Morgan fingerprint density at radius 2 is 2.07 bits per heavy atom. The Hall–Kier alpha value is -0.970. The van der Waals surface area contributed by atoms with Gasteiger partial charge in [-0.15, -0.1) is 0 Å². The van der Waals surface area contributed by atoms with Crippen molar-refractivity contribution in [2.24, 2.45) is 5.73 Å². The number of rotatable bonds is 2. The first-order valence-electron chi connectivity index (χ1n) is 4.70. The molecule has 0 atom stereocenters. The number of nitrogens with two attached hydrogens (primary N) is 1. The number of nitrogens with zero attached hydrogens (tertiary/aromatic N) is 1. The van der Waals surface area contributed by atoms with Crippen molar-refractivity contribution < 1.29 is 13.2 Å². The topological polar surface area (TPSA) is 52.0 Å². The molecule has 1 aliphatic carbocycles. The van der Waals surface area contributed by atoms with Crippen LogP contribution in [-0.2, 0) is 18.8 Å². The van der Waals surface area contributed by atoms with Crippen LogP contribution < -0.4 is 5.73 Å². The van der Waals surface area contributed by atoms with Gasteiger partial charge in [-0.2, -0.15) is 8.78 Å². The van der Waals surface area contributed by atoms with Gasteiger partial charge in [-0.05, 0) is 19.3 Å². The van der Waals surface area contributed by atoms with Gasteiger partial charge in [0, 0.05) is 6.42 Å². The highest BCUT2D eigenvalue weighted by molar-refractivity contribution is 5.15. The van der Waals surface area contributed by atoms with E-state index in [4.69, 9.17) is 10.2 Å². The molecule has 1 heterocycles. The standard InChI is InChI=1S/C9H12F2N2O/c10-9(11,5-12)8-13-6-3-1-2-4-7(6)14-8/h1-5,12H2. The van der Waals surface area contributed by atoms with E-state index in [0.717, 1.165) is 19.3 Å². The zero-order valence-electron chi connectivity index (χ0n) is 7.72. The van der Waals surface area contributed by atoms with Gasteiger partial charge < -0.3 is 10.2 Å². The van der Waals surface area contributed by atoms with Crippen molar-refractivity contribution in [2.45, 2.75) is 31.6 Å². The van der Waals surface area contributed by atoms with Crippen molar-refractivity contribution in [1.82, 2.24) is 4.98 Å². The van der Waals surface area contributed by atoms with E-state index >= 15 is 0 Å². The Bertz CT molecular complexity index is 312. The van der Waals surface area contributed by atoms with E-state index < -0.39 is 18.4 Å². The van der Waals surface area contributed by atoms with Crippen LogP contribution in [0.15, 0.2) is 4.42 Å². The van der Waals surface area contributed by atoms with Gasteiger partial charge in [-0.1, -0.05) is 0 Å². The molecule has 1 aromatic heterocycles. The summed E-state index contributed by atoms with van der Waals surface area (Å²) in [6.07, 6.45) is 3.42. The summed E-state index contributed by atoms with van der Waals surface area (Å²) in [5.41, 5.74) is 5.63. The van der Waals surface area contributed by atoms with Crippen molar-refractivity contribution in [2.75, 3.05) is 6.54 Å². The third-order valence-electron chi connectivity index (χ3n) is 2.41. The predicted molar refractivity (Wildman–Crippen MR) is 46.1 cm³/mol. The maximum atomic E-state index is 13.1. The maximum absolute atomic E-state index is 13.1. The lowest BCUT2D eigenvalue weighted by Crippen LogP contribution is -2.25. The van der Waals surface area contributed by atoms with Crippen molar-refractivity contribution in [1.29, 1.82) is 0 Å². The third kappa shape index (κ3) is 1.52. The molecule has 0 fully saturated rings. The summed E-state index contributed by atoms with van der Waals surface area (Å²) in [7, 11) is 0. The monoisotopic (exact) mass is 202 g/mol. The molecule has 0 amide bonds. The molecule has 3 nitrogen and oxygen atoms in total. The van der Waals surface area contributed by atoms with E-state index in [2.05, 4.69) is 4.98 Å². The molecule has 0 unspecified atom stereocenters. The average Bonchev–Trinajstić information content (AvgIpc) is 2.61. The first-order valence-corrected chi connectivity index (χ1v) is 4.70. The minimum absolute atomic E-state index is 0.521. The van der Waals surface area contributed by atoms with Gasteiger partial charge in [0.05, 0.1) is 12.2 Å². The smallest absolute Gasteiger partial charge is 0.334 e. The summed E-state index contributed by atoms with van der Waals surface area (Å²) in [6, 6.07) is 0. The number of aromatic nitrogens is 1. The minimum atomic E-state index is -3.13. The lowest BCUT2D eigenvalue weighted by atomic mass is 10.0.